The van der Waals surface area contributed by atoms with E-state index < -0.39 is 70.4 Å². The predicted octanol–water partition coefficient (Wildman–Crippen LogP) is 7.07. The van der Waals surface area contributed by atoms with E-state index in [1.807, 2.05) is 48.5 Å². The van der Waals surface area contributed by atoms with Crippen LogP contribution >= 0.6 is 11.8 Å². The number of aromatic nitrogens is 5. The number of non-ortho nitro benzene ring substituents is 1. The smallest absolute Gasteiger partial charge is 0.407 e. The van der Waals surface area contributed by atoms with Crippen molar-refractivity contribution >= 4 is 64.6 Å². The number of nitrogens with one attached hydrogen (secondary N) is 6. The Morgan fingerprint density at radius 1 is 0.473 bits per heavy atom. The zero-order valence-corrected chi connectivity index (χ0v) is 88.1. The minimum Gasteiger partial charge on any atom is -0.449 e. The maximum Gasteiger partial charge on any atom is 0.407 e. The number of ether oxygens (including phenoxy) is 25. The largest absolute Gasteiger partial charge is 0.449 e. The zero-order chi connectivity index (χ0) is 107. The van der Waals surface area contributed by atoms with Crippen LogP contribution in [0.25, 0.3) is 11.1 Å². The molecule has 150 heavy (non-hydrogen) atoms. The number of nitrogens with zero attached hydrogens (tertiary/aromatic N) is 6. The highest BCUT2D eigenvalue weighted by Crippen LogP contribution is 2.45. The van der Waals surface area contributed by atoms with Crippen molar-refractivity contribution < 1.29 is 161 Å². The summed E-state index contributed by atoms with van der Waals surface area (Å²) in [4.78, 5) is 94.8. The second-order valence-electron chi connectivity index (χ2n) is 34.3. The number of halogens is 1. The number of benzene rings is 4. The summed E-state index contributed by atoms with van der Waals surface area (Å²) < 4.78 is 158. The van der Waals surface area contributed by atoms with Gasteiger partial charge in [0.05, 0.1) is 327 Å². The number of anilines is 2. The van der Waals surface area contributed by atoms with Crippen LogP contribution in [0.1, 0.15) is 104 Å². The first-order valence-corrected chi connectivity index (χ1v) is 52.2. The average molecular weight is 2140 g/mol. The van der Waals surface area contributed by atoms with Crippen molar-refractivity contribution in [1.29, 1.82) is 0 Å². The quantitative estimate of drug-likeness (QED) is 0.00961. The van der Waals surface area contributed by atoms with E-state index >= 15 is 4.39 Å². The van der Waals surface area contributed by atoms with Crippen molar-refractivity contribution in [3.63, 3.8) is 0 Å². The minimum absolute atomic E-state index is 0.0330. The number of nitro groups is 1. The number of alkyl carbamates (subject to hydrolysis) is 1. The number of hydrogen-bond donors (Lipinski definition) is 6. The lowest BCUT2D eigenvalue weighted by Crippen LogP contribution is -2.54. The van der Waals surface area contributed by atoms with Crippen molar-refractivity contribution in [3.8, 4) is 11.1 Å². The first-order chi connectivity index (χ1) is 73.5. The van der Waals surface area contributed by atoms with Gasteiger partial charge in [-0.15, -0.1) is 5.10 Å². The highest BCUT2D eigenvalue weighted by atomic mass is 32.2. The fraction of sp³-hybridized carbons (Fsp3) is 0.650. The number of hydrogen-bond acceptors (Lipinski definition) is 37. The number of amides is 6. The molecule has 6 N–H and O–H groups in total. The van der Waals surface area contributed by atoms with E-state index in [0.29, 0.717) is 307 Å². The summed E-state index contributed by atoms with van der Waals surface area (Å²) in [7, 11) is 3.24. The van der Waals surface area contributed by atoms with Gasteiger partial charge in [0.1, 0.15) is 31.3 Å². The number of pyridine rings is 1. The molecule has 0 radical (unpaired) electrons. The Hall–Kier alpha value is -9.56. The third kappa shape index (κ3) is 53.8. The third-order valence-corrected chi connectivity index (χ3v) is 23.8. The number of fused-ring (bicyclic) bond motifs is 3. The molecule has 6 aromatic rings. The van der Waals surface area contributed by atoms with Gasteiger partial charge in [0, 0.05) is 55.8 Å². The van der Waals surface area contributed by atoms with Crippen molar-refractivity contribution in [2.45, 2.75) is 106 Å². The SMILES string of the molecule is COCCOCCOCCOCCOCCOCCOCCOCCOCCOCCOCCOCCOCCOCCOCCOCCOCCOCCOCCOCCOCCOCCOCCOCCNC(=O)[C@H](CCC(=O)N[C@H](C(=O)N[C@@H](C)C(=O)Nc1ccc(C[n+]2cc(C3CCCC3)cc(F)c2NC(=O)c2cc([N+](=O)[O-])ccc2Sc2nnnn2C)cc1)C(C)C)NC(=O)OCC1c2ccccc2-c2ccccc21. The molecule has 45 nitrogen and oxygen atoms in total. The van der Waals surface area contributed by atoms with Crippen LogP contribution in [-0.2, 0) is 151 Å². The summed E-state index contributed by atoms with van der Waals surface area (Å²) in [5, 5.41) is 40.0. The number of nitro benzene ring substituents is 1. The standard InChI is InChI=1S/C103H155FN12O33S/c1-79(2)96(101(121)106-80(3)98(118)107-84-20-18-81(19-21-84)76-115-77-83(82-12-6-7-13-82)74-92(104)97(115)110-99(119)90-75-85(116(123)124)22-24-94(90)150-102-111-112-113-114(102)4)109-95(117)25-23-93(108-103(122)149-78-91-88-16-10-8-14-86(88)87-15-9-11-17-89(87)91)100(120)105-26-27-126-30-31-128-34-35-130-38-39-132-42-43-134-46-47-136-50-51-138-54-55-140-58-59-142-62-63-144-66-67-146-70-71-148-73-72-147-69-68-145-65-64-143-61-60-141-57-56-139-53-52-137-49-48-135-45-44-133-41-40-131-37-36-129-33-32-127-29-28-125-5/h8-11,14-22,24,74-75,77,79-80,82,91,93,96H,6-7,12-13,23,25-73,76,78H2,1-5H3,(H5,105,106,107,108,109,117,118,120,121,122)/p+1/t80-,93-,96-/m0/s1. The van der Waals surface area contributed by atoms with E-state index in [1.54, 1.807) is 63.0 Å². The van der Waals surface area contributed by atoms with Gasteiger partial charge in [-0.2, -0.15) is 4.39 Å². The second-order valence-corrected chi connectivity index (χ2v) is 35.3. The topological polar surface area (TPSA) is 496 Å². The summed E-state index contributed by atoms with van der Waals surface area (Å²) in [5.74, 6) is -4.82. The van der Waals surface area contributed by atoms with E-state index in [0.717, 1.165) is 71.3 Å². The summed E-state index contributed by atoms with van der Waals surface area (Å²) >= 11 is 1.00. The number of aryl methyl sites for hydroxylation is 1. The summed E-state index contributed by atoms with van der Waals surface area (Å²) in [6, 6.07) is 24.1. The lowest BCUT2D eigenvalue weighted by Gasteiger charge is -2.24. The number of carbonyl (C=O) groups excluding carboxylic acids is 6. The summed E-state index contributed by atoms with van der Waals surface area (Å²) in [6.07, 6.45) is 4.09. The molecule has 2 aromatic heterocycles. The van der Waals surface area contributed by atoms with Crippen LogP contribution < -0.4 is 36.5 Å². The monoisotopic (exact) mass is 2140 g/mol. The van der Waals surface area contributed by atoms with Gasteiger partial charge < -0.3 is 145 Å². The van der Waals surface area contributed by atoms with E-state index in [9.17, 15) is 38.9 Å². The molecular formula is C103H156FN12O33S+. The zero-order valence-electron chi connectivity index (χ0n) is 87.3. The number of rotatable bonds is 93. The molecule has 6 amide bonds. The highest BCUT2D eigenvalue weighted by molar-refractivity contribution is 7.99. The molecule has 0 aliphatic heterocycles. The first-order valence-electron chi connectivity index (χ1n) is 51.4. The molecule has 0 bridgehead atoms. The summed E-state index contributed by atoms with van der Waals surface area (Å²) in [5.41, 5.74) is 5.34. The fourth-order valence-electron chi connectivity index (χ4n) is 14.9. The lowest BCUT2D eigenvalue weighted by molar-refractivity contribution is -0.675. The van der Waals surface area contributed by atoms with Gasteiger partial charge in [-0.3, -0.25) is 29.3 Å². The Kier molecular flexibility index (Phi) is 67.2. The molecule has 1 saturated carbocycles. The predicted molar refractivity (Wildman–Crippen MR) is 545 cm³/mol. The van der Waals surface area contributed by atoms with Crippen molar-refractivity contribution in [2.75, 3.05) is 341 Å². The third-order valence-electron chi connectivity index (χ3n) is 22.7. The molecular weight excluding hydrogens is 1980 g/mol. The van der Waals surface area contributed by atoms with Gasteiger partial charge in [-0.1, -0.05) is 87.4 Å². The van der Waals surface area contributed by atoms with Crippen molar-refractivity contribution in [2.24, 2.45) is 13.0 Å². The van der Waals surface area contributed by atoms with Crippen LogP contribution in [-0.4, -0.2) is 410 Å². The van der Waals surface area contributed by atoms with E-state index in [-0.39, 0.29) is 86.2 Å². The van der Waals surface area contributed by atoms with Crippen molar-refractivity contribution in [1.82, 2.24) is 41.5 Å². The molecule has 0 unspecified atom stereocenters. The second kappa shape index (κ2) is 80.3. The van der Waals surface area contributed by atoms with Crippen LogP contribution in [0.2, 0.25) is 0 Å². The first kappa shape index (κ1) is 126. The van der Waals surface area contributed by atoms with E-state index in [4.69, 9.17) is 118 Å². The maximum absolute atomic E-state index is 16.5. The van der Waals surface area contributed by atoms with E-state index in [2.05, 4.69) is 47.4 Å². The number of methoxy groups -OCH3 is 1. The van der Waals surface area contributed by atoms with Crippen LogP contribution in [0, 0.1) is 21.8 Å². The molecule has 47 heteroatoms. The molecule has 0 spiro atoms. The molecule has 3 atom stereocenters. The van der Waals surface area contributed by atoms with Crippen molar-refractivity contribution in [3.05, 3.63) is 147 Å². The van der Waals surface area contributed by atoms with E-state index in [1.165, 1.54) is 29.8 Å². The number of tetrazole rings is 1. The van der Waals surface area contributed by atoms with Crippen LogP contribution in [0.3, 0.4) is 0 Å². The molecule has 4 aromatic carbocycles. The number of carbonyl (C=O) groups is 6. The molecule has 8 rings (SSSR count). The molecule has 838 valence electrons. The van der Waals surface area contributed by atoms with Gasteiger partial charge in [0.15, 0.2) is 0 Å². The fourth-order valence-corrected chi connectivity index (χ4v) is 15.8. The Morgan fingerprint density at radius 3 is 1.25 bits per heavy atom. The van der Waals surface area contributed by atoms with Crippen LogP contribution in [0.5, 0.6) is 0 Å². The molecule has 2 aliphatic carbocycles. The molecule has 0 saturated heterocycles. The van der Waals surface area contributed by atoms with Gasteiger partial charge in [-0.05, 0) is 118 Å². The summed E-state index contributed by atoms with van der Waals surface area (Å²) in [6.45, 7) is 25.6. The molecule has 2 heterocycles. The van der Waals surface area contributed by atoms with Gasteiger partial charge in [0.25, 0.3) is 5.69 Å². The minimum atomic E-state index is -1.26. The normalized spacial score (nSPS) is 13.1. The highest BCUT2D eigenvalue weighted by Gasteiger charge is 2.34. The van der Waals surface area contributed by atoms with Gasteiger partial charge in [0.2, 0.25) is 34.6 Å². The average Bonchev–Trinajstić information content (AvgIpc) is 1.61. The lowest BCUT2D eigenvalue weighted by atomic mass is 9.98. The van der Waals surface area contributed by atoms with Crippen LogP contribution in [0.4, 0.5) is 26.4 Å². The van der Waals surface area contributed by atoms with Gasteiger partial charge in [-0.25, -0.2) is 24.2 Å². The maximum atomic E-state index is 16.5. The van der Waals surface area contributed by atoms with Crippen LogP contribution in [0.15, 0.2) is 113 Å². The Bertz CT molecular complexity index is 4630. The Morgan fingerprint density at radius 2 is 0.867 bits per heavy atom. The molecule has 2 aliphatic rings. The van der Waals surface area contributed by atoms with Gasteiger partial charge >= 0.3 is 17.8 Å². The molecule has 1 fully saturated rings. The Balaban J connectivity index is 0.566. The Labute approximate surface area is 881 Å².